The smallest absolute Gasteiger partial charge is 0.313 e. The van der Waals surface area contributed by atoms with E-state index in [1.807, 2.05) is 0 Å². The summed E-state index contributed by atoms with van der Waals surface area (Å²) in [6, 6.07) is 2.05. The van der Waals surface area contributed by atoms with Crippen molar-refractivity contribution in [3.63, 3.8) is 0 Å². The van der Waals surface area contributed by atoms with Gasteiger partial charge in [-0.05, 0) is 0 Å². The molecule has 0 fully saturated rings. The number of aromatic nitrogens is 2. The fourth-order valence-corrected chi connectivity index (χ4v) is 1.59. The van der Waals surface area contributed by atoms with Crippen LogP contribution < -0.4 is 10.1 Å². The van der Waals surface area contributed by atoms with Gasteiger partial charge in [-0.15, -0.1) is 0 Å². The van der Waals surface area contributed by atoms with Crippen molar-refractivity contribution in [2.45, 2.75) is 0 Å². The van der Waals surface area contributed by atoms with E-state index in [4.69, 9.17) is 4.74 Å². The largest absolute Gasteiger partial charge is 0.490 e. The van der Waals surface area contributed by atoms with Crippen LogP contribution in [0.4, 0.5) is 21.5 Å². The SMILES string of the molecule is COc1cc(Nc2cnn(C)c2)c(F)cc1[N+](=O)[O-]. The van der Waals surface area contributed by atoms with E-state index in [1.165, 1.54) is 19.4 Å². The number of halogens is 1. The lowest BCUT2D eigenvalue weighted by molar-refractivity contribution is -0.385. The number of hydrogen-bond donors (Lipinski definition) is 1. The Morgan fingerprint density at radius 1 is 1.53 bits per heavy atom. The summed E-state index contributed by atoms with van der Waals surface area (Å²) >= 11 is 0. The van der Waals surface area contributed by atoms with E-state index in [-0.39, 0.29) is 11.4 Å². The number of aryl methyl sites for hydroxylation is 1. The lowest BCUT2D eigenvalue weighted by Crippen LogP contribution is -1.99. The monoisotopic (exact) mass is 266 g/mol. The highest BCUT2D eigenvalue weighted by atomic mass is 19.1. The van der Waals surface area contributed by atoms with E-state index in [9.17, 15) is 14.5 Å². The molecule has 7 nitrogen and oxygen atoms in total. The molecule has 8 heteroatoms. The summed E-state index contributed by atoms with van der Waals surface area (Å²) in [5.74, 6) is -0.755. The first-order valence-corrected chi connectivity index (χ1v) is 5.29. The maximum absolute atomic E-state index is 13.8. The highest BCUT2D eigenvalue weighted by Gasteiger charge is 2.19. The molecule has 1 aromatic carbocycles. The third-order valence-corrected chi connectivity index (χ3v) is 2.45. The first-order valence-electron chi connectivity index (χ1n) is 5.29. The normalized spacial score (nSPS) is 10.3. The number of methoxy groups -OCH3 is 1. The minimum absolute atomic E-state index is 0.0159. The van der Waals surface area contributed by atoms with Gasteiger partial charge < -0.3 is 10.1 Å². The molecule has 0 spiro atoms. The third kappa shape index (κ3) is 2.62. The predicted molar refractivity (Wildman–Crippen MR) is 66.1 cm³/mol. The summed E-state index contributed by atoms with van der Waals surface area (Å²) in [5, 5.41) is 17.4. The van der Waals surface area contributed by atoms with Crippen LogP contribution in [0, 0.1) is 15.9 Å². The Kier molecular flexibility index (Phi) is 3.32. The highest BCUT2D eigenvalue weighted by molar-refractivity contribution is 5.65. The number of ether oxygens (including phenoxy) is 1. The first-order chi connectivity index (χ1) is 9.01. The van der Waals surface area contributed by atoms with Gasteiger partial charge in [0.1, 0.15) is 0 Å². The second kappa shape index (κ2) is 4.92. The van der Waals surface area contributed by atoms with E-state index in [1.54, 1.807) is 17.9 Å². The molecular formula is C11H11FN4O3. The number of rotatable bonds is 4. The summed E-state index contributed by atoms with van der Waals surface area (Å²) < 4.78 is 20.2. The maximum atomic E-state index is 13.8. The quantitative estimate of drug-likeness (QED) is 0.677. The van der Waals surface area contributed by atoms with Gasteiger partial charge in [0.15, 0.2) is 11.6 Å². The van der Waals surface area contributed by atoms with E-state index < -0.39 is 16.4 Å². The van der Waals surface area contributed by atoms with Crippen LogP contribution in [0.1, 0.15) is 0 Å². The van der Waals surface area contributed by atoms with Crippen LogP contribution in [0.25, 0.3) is 0 Å². The Morgan fingerprint density at radius 3 is 2.79 bits per heavy atom. The molecule has 2 rings (SSSR count). The number of nitro groups is 1. The molecule has 0 radical (unpaired) electrons. The van der Waals surface area contributed by atoms with E-state index >= 15 is 0 Å². The highest BCUT2D eigenvalue weighted by Crippen LogP contribution is 2.33. The van der Waals surface area contributed by atoms with Gasteiger partial charge in [-0.3, -0.25) is 14.8 Å². The van der Waals surface area contributed by atoms with Crippen LogP contribution in [0.5, 0.6) is 5.75 Å². The van der Waals surface area contributed by atoms with Crippen LogP contribution in [0.3, 0.4) is 0 Å². The molecule has 0 atom stereocenters. The first kappa shape index (κ1) is 12.8. The molecule has 1 aromatic heterocycles. The molecular weight excluding hydrogens is 255 g/mol. The standard InChI is InChI=1S/C11H11FN4O3/c1-15-6-7(5-13-15)14-9-4-11(19-2)10(16(17)18)3-8(9)12/h3-6,14H,1-2H3. The molecule has 19 heavy (non-hydrogen) atoms. The minimum atomic E-state index is -0.739. The molecule has 0 amide bonds. The Hall–Kier alpha value is -2.64. The van der Waals surface area contributed by atoms with Crippen molar-refractivity contribution in [3.8, 4) is 5.75 Å². The molecule has 0 unspecified atom stereocenters. The molecule has 1 heterocycles. The lowest BCUT2D eigenvalue weighted by Gasteiger charge is -2.08. The topological polar surface area (TPSA) is 82.2 Å². The Balaban J connectivity index is 2.38. The van der Waals surface area contributed by atoms with Crippen LogP contribution >= 0.6 is 0 Å². The third-order valence-electron chi connectivity index (χ3n) is 2.45. The molecule has 2 aromatic rings. The molecule has 1 N–H and O–H groups in total. The Labute approximate surface area is 107 Å². The molecule has 0 aliphatic carbocycles. The van der Waals surface area contributed by atoms with Crippen LogP contribution in [-0.4, -0.2) is 21.8 Å². The van der Waals surface area contributed by atoms with Gasteiger partial charge in [0.25, 0.3) is 0 Å². The molecule has 0 aliphatic heterocycles. The second-order valence-corrected chi connectivity index (χ2v) is 3.79. The zero-order valence-corrected chi connectivity index (χ0v) is 10.3. The van der Waals surface area contributed by atoms with Crippen LogP contribution in [0.15, 0.2) is 24.5 Å². The maximum Gasteiger partial charge on any atom is 0.313 e. The fourth-order valence-electron chi connectivity index (χ4n) is 1.59. The summed E-state index contributed by atoms with van der Waals surface area (Å²) in [7, 11) is 3.01. The van der Waals surface area contributed by atoms with Crippen molar-refractivity contribution in [3.05, 3.63) is 40.5 Å². The van der Waals surface area contributed by atoms with Gasteiger partial charge in [-0.2, -0.15) is 5.10 Å². The number of benzene rings is 1. The number of nitro benzene ring substituents is 1. The van der Waals surface area contributed by atoms with E-state index in [2.05, 4.69) is 10.4 Å². The summed E-state index contributed by atoms with van der Waals surface area (Å²) in [4.78, 5) is 10.0. The summed E-state index contributed by atoms with van der Waals surface area (Å²) in [5.41, 5.74) is 0.226. The van der Waals surface area contributed by atoms with Gasteiger partial charge in [-0.25, -0.2) is 4.39 Å². The van der Waals surface area contributed by atoms with Crippen LogP contribution in [0.2, 0.25) is 0 Å². The van der Waals surface area contributed by atoms with Crippen LogP contribution in [-0.2, 0) is 7.05 Å². The molecule has 0 saturated heterocycles. The van der Waals surface area contributed by atoms with Gasteiger partial charge in [0.05, 0.1) is 35.7 Å². The Bertz CT molecular complexity index is 626. The number of nitrogens with one attached hydrogen (secondary N) is 1. The van der Waals surface area contributed by atoms with Crippen molar-refractivity contribution in [2.75, 3.05) is 12.4 Å². The van der Waals surface area contributed by atoms with Gasteiger partial charge in [-0.1, -0.05) is 0 Å². The number of hydrogen-bond acceptors (Lipinski definition) is 5. The van der Waals surface area contributed by atoms with Crippen molar-refractivity contribution in [1.29, 1.82) is 0 Å². The summed E-state index contributed by atoms with van der Waals surface area (Å²) in [6.07, 6.45) is 3.15. The van der Waals surface area contributed by atoms with E-state index in [0.717, 1.165) is 6.07 Å². The zero-order valence-electron chi connectivity index (χ0n) is 10.3. The molecule has 0 bridgehead atoms. The van der Waals surface area contributed by atoms with Crippen molar-refractivity contribution in [1.82, 2.24) is 9.78 Å². The fraction of sp³-hybridized carbons (Fsp3) is 0.182. The van der Waals surface area contributed by atoms with Crippen molar-refractivity contribution >= 4 is 17.1 Å². The van der Waals surface area contributed by atoms with Crippen molar-refractivity contribution < 1.29 is 14.1 Å². The lowest BCUT2D eigenvalue weighted by atomic mass is 10.2. The summed E-state index contributed by atoms with van der Waals surface area (Å²) in [6.45, 7) is 0. The minimum Gasteiger partial charge on any atom is -0.490 e. The predicted octanol–water partition coefficient (Wildman–Crippen LogP) is 2.22. The zero-order chi connectivity index (χ0) is 14.0. The number of nitrogens with zero attached hydrogens (tertiary/aromatic N) is 3. The Morgan fingerprint density at radius 2 is 2.26 bits per heavy atom. The average molecular weight is 266 g/mol. The van der Waals surface area contributed by atoms with Gasteiger partial charge >= 0.3 is 5.69 Å². The van der Waals surface area contributed by atoms with E-state index in [0.29, 0.717) is 5.69 Å². The number of anilines is 2. The molecule has 100 valence electrons. The molecule has 0 aliphatic rings. The molecule has 0 saturated carbocycles. The second-order valence-electron chi connectivity index (χ2n) is 3.79. The van der Waals surface area contributed by atoms with Gasteiger partial charge in [0, 0.05) is 19.3 Å². The van der Waals surface area contributed by atoms with Gasteiger partial charge in [0.2, 0.25) is 0 Å². The average Bonchev–Trinajstić information content (AvgIpc) is 2.76. The van der Waals surface area contributed by atoms with Crippen molar-refractivity contribution in [2.24, 2.45) is 7.05 Å².